The van der Waals surface area contributed by atoms with Gasteiger partial charge in [0.2, 0.25) is 0 Å². The van der Waals surface area contributed by atoms with Crippen molar-refractivity contribution in [2.45, 2.75) is 18.9 Å². The van der Waals surface area contributed by atoms with Gasteiger partial charge in [-0.1, -0.05) is 25.1 Å². The highest BCUT2D eigenvalue weighted by Crippen LogP contribution is 2.24. The van der Waals surface area contributed by atoms with E-state index in [1.807, 2.05) is 6.92 Å². The Morgan fingerprint density at radius 3 is 2.57 bits per heavy atom. The minimum absolute atomic E-state index is 0.270. The lowest BCUT2D eigenvalue weighted by atomic mass is 9.89. The first-order valence-electron chi connectivity index (χ1n) is 4.67. The average molecular weight is 197 g/mol. The molecule has 3 heteroatoms. The van der Waals surface area contributed by atoms with Gasteiger partial charge in [0.15, 0.2) is 0 Å². The summed E-state index contributed by atoms with van der Waals surface area (Å²) < 4.78 is 18.5. The van der Waals surface area contributed by atoms with Crippen molar-refractivity contribution < 1.29 is 9.13 Å². The first-order valence-corrected chi connectivity index (χ1v) is 4.67. The van der Waals surface area contributed by atoms with Gasteiger partial charge >= 0.3 is 0 Å². The topological polar surface area (TPSA) is 35.2 Å². The Balaban J connectivity index is 3.05. The van der Waals surface area contributed by atoms with Crippen LogP contribution < -0.4 is 5.73 Å². The Morgan fingerprint density at radius 2 is 2.07 bits per heavy atom. The van der Waals surface area contributed by atoms with E-state index in [9.17, 15) is 4.39 Å². The summed E-state index contributed by atoms with van der Waals surface area (Å²) >= 11 is 0. The molecule has 0 aliphatic heterocycles. The van der Waals surface area contributed by atoms with Crippen LogP contribution in [0.1, 0.15) is 18.9 Å². The fourth-order valence-corrected chi connectivity index (χ4v) is 1.49. The Labute approximate surface area is 83.9 Å². The van der Waals surface area contributed by atoms with E-state index in [-0.39, 0.29) is 5.82 Å². The Kier molecular flexibility index (Phi) is 3.61. The number of methoxy groups -OCH3 is 1. The van der Waals surface area contributed by atoms with Gasteiger partial charge in [-0.15, -0.1) is 0 Å². The lowest BCUT2D eigenvalue weighted by Gasteiger charge is -2.28. The molecule has 0 saturated carbocycles. The zero-order valence-electron chi connectivity index (χ0n) is 8.59. The van der Waals surface area contributed by atoms with Gasteiger partial charge in [0.25, 0.3) is 0 Å². The van der Waals surface area contributed by atoms with Crippen LogP contribution in [0.15, 0.2) is 24.3 Å². The highest BCUT2D eigenvalue weighted by Gasteiger charge is 2.27. The maximum Gasteiger partial charge on any atom is 0.128 e. The molecular formula is C11H16FNO. The summed E-state index contributed by atoms with van der Waals surface area (Å²) in [7, 11) is 1.57. The molecule has 2 nitrogen and oxygen atoms in total. The first kappa shape index (κ1) is 11.1. The average Bonchev–Trinajstić information content (AvgIpc) is 2.18. The summed E-state index contributed by atoms with van der Waals surface area (Å²) in [6.45, 7) is 2.25. The van der Waals surface area contributed by atoms with E-state index >= 15 is 0 Å². The molecule has 0 saturated heterocycles. The number of hydrogen-bond acceptors (Lipinski definition) is 2. The van der Waals surface area contributed by atoms with Crippen molar-refractivity contribution in [3.8, 4) is 0 Å². The quantitative estimate of drug-likeness (QED) is 0.801. The first-order chi connectivity index (χ1) is 6.64. The maximum atomic E-state index is 13.5. The van der Waals surface area contributed by atoms with E-state index in [2.05, 4.69) is 0 Å². The molecule has 0 amide bonds. The standard InChI is InChI=1S/C11H16FNO/c1-3-11(13,8-14-2)9-6-4-5-7-10(9)12/h4-7H,3,8,13H2,1-2H3. The molecule has 0 aliphatic carbocycles. The third-order valence-corrected chi connectivity index (χ3v) is 2.44. The summed E-state index contributed by atoms with van der Waals surface area (Å²) in [5, 5.41) is 0. The zero-order valence-corrected chi connectivity index (χ0v) is 8.59. The van der Waals surface area contributed by atoms with Gasteiger partial charge in [-0.3, -0.25) is 0 Å². The number of ether oxygens (including phenoxy) is 1. The normalized spacial score (nSPS) is 15.1. The highest BCUT2D eigenvalue weighted by atomic mass is 19.1. The summed E-state index contributed by atoms with van der Waals surface area (Å²) in [6, 6.07) is 6.56. The lowest BCUT2D eigenvalue weighted by Crippen LogP contribution is -2.41. The second kappa shape index (κ2) is 4.53. The van der Waals surface area contributed by atoms with Crippen molar-refractivity contribution in [3.05, 3.63) is 35.6 Å². The number of rotatable bonds is 4. The van der Waals surface area contributed by atoms with Crippen molar-refractivity contribution in [2.24, 2.45) is 5.73 Å². The monoisotopic (exact) mass is 197 g/mol. The molecule has 1 atom stereocenters. The minimum atomic E-state index is -0.722. The lowest BCUT2D eigenvalue weighted by molar-refractivity contribution is 0.127. The maximum absolute atomic E-state index is 13.5. The highest BCUT2D eigenvalue weighted by molar-refractivity contribution is 5.25. The van der Waals surface area contributed by atoms with Crippen molar-refractivity contribution in [1.29, 1.82) is 0 Å². The fraction of sp³-hybridized carbons (Fsp3) is 0.455. The van der Waals surface area contributed by atoms with Crippen LogP contribution in [-0.4, -0.2) is 13.7 Å². The van der Waals surface area contributed by atoms with E-state index < -0.39 is 5.54 Å². The molecular weight excluding hydrogens is 181 g/mol. The van der Waals surface area contributed by atoms with Crippen LogP contribution in [-0.2, 0) is 10.3 Å². The molecule has 14 heavy (non-hydrogen) atoms. The number of benzene rings is 1. The number of nitrogens with two attached hydrogens (primary N) is 1. The zero-order chi connectivity index (χ0) is 10.6. The molecule has 1 unspecified atom stereocenters. The van der Waals surface area contributed by atoms with Crippen molar-refractivity contribution in [1.82, 2.24) is 0 Å². The van der Waals surface area contributed by atoms with Crippen LogP contribution in [0.5, 0.6) is 0 Å². The van der Waals surface area contributed by atoms with Gasteiger partial charge in [-0.2, -0.15) is 0 Å². The Morgan fingerprint density at radius 1 is 1.43 bits per heavy atom. The molecule has 0 aliphatic rings. The van der Waals surface area contributed by atoms with E-state index in [0.717, 1.165) is 0 Å². The molecule has 78 valence electrons. The van der Waals surface area contributed by atoms with E-state index in [1.54, 1.807) is 25.3 Å². The third-order valence-electron chi connectivity index (χ3n) is 2.44. The molecule has 0 radical (unpaired) electrons. The Bertz CT molecular complexity index is 303. The molecule has 0 heterocycles. The van der Waals surface area contributed by atoms with Crippen molar-refractivity contribution >= 4 is 0 Å². The van der Waals surface area contributed by atoms with E-state index in [1.165, 1.54) is 6.07 Å². The summed E-state index contributed by atoms with van der Waals surface area (Å²) in [4.78, 5) is 0. The molecule has 0 aromatic heterocycles. The summed E-state index contributed by atoms with van der Waals surface area (Å²) in [5.41, 5.74) is 5.86. The van der Waals surface area contributed by atoms with Gasteiger partial charge in [-0.05, 0) is 12.5 Å². The van der Waals surface area contributed by atoms with E-state index in [0.29, 0.717) is 18.6 Å². The van der Waals surface area contributed by atoms with Crippen molar-refractivity contribution in [2.75, 3.05) is 13.7 Å². The smallest absolute Gasteiger partial charge is 0.128 e. The van der Waals surface area contributed by atoms with Crippen LogP contribution in [0.2, 0.25) is 0 Å². The minimum Gasteiger partial charge on any atom is -0.382 e. The third kappa shape index (κ3) is 2.11. The van der Waals surface area contributed by atoms with Crippen LogP contribution in [0, 0.1) is 5.82 Å². The van der Waals surface area contributed by atoms with Gasteiger partial charge < -0.3 is 10.5 Å². The van der Waals surface area contributed by atoms with E-state index in [4.69, 9.17) is 10.5 Å². The second-order valence-corrected chi connectivity index (χ2v) is 3.42. The van der Waals surface area contributed by atoms with Gasteiger partial charge in [-0.25, -0.2) is 4.39 Å². The molecule has 1 aromatic carbocycles. The van der Waals surface area contributed by atoms with Gasteiger partial charge in [0.1, 0.15) is 5.82 Å². The molecule has 0 spiro atoms. The molecule has 1 aromatic rings. The van der Waals surface area contributed by atoms with Crippen LogP contribution in [0.3, 0.4) is 0 Å². The van der Waals surface area contributed by atoms with Gasteiger partial charge in [0, 0.05) is 12.7 Å². The molecule has 1 rings (SSSR count). The van der Waals surface area contributed by atoms with Crippen LogP contribution in [0.4, 0.5) is 4.39 Å². The largest absolute Gasteiger partial charge is 0.382 e. The van der Waals surface area contributed by atoms with Crippen molar-refractivity contribution in [3.63, 3.8) is 0 Å². The second-order valence-electron chi connectivity index (χ2n) is 3.42. The van der Waals surface area contributed by atoms with Crippen LogP contribution in [0.25, 0.3) is 0 Å². The predicted molar refractivity (Wildman–Crippen MR) is 54.4 cm³/mol. The molecule has 2 N–H and O–H groups in total. The van der Waals surface area contributed by atoms with Crippen LogP contribution >= 0.6 is 0 Å². The predicted octanol–water partition coefficient (Wildman–Crippen LogP) is 2.04. The Hall–Kier alpha value is -0.930. The molecule has 0 bridgehead atoms. The molecule has 0 fully saturated rings. The summed E-state index contributed by atoms with van der Waals surface area (Å²) in [5.74, 6) is -0.270. The number of halogens is 1. The van der Waals surface area contributed by atoms with Gasteiger partial charge in [0.05, 0.1) is 12.1 Å². The fourth-order valence-electron chi connectivity index (χ4n) is 1.49. The number of hydrogen-bond donors (Lipinski definition) is 1. The summed E-state index contributed by atoms with van der Waals surface area (Å²) in [6.07, 6.45) is 0.641. The SMILES string of the molecule is CCC(N)(COC)c1ccccc1F.